The summed E-state index contributed by atoms with van der Waals surface area (Å²) in [6.45, 7) is 6.17. The molecule has 1 N–H and O–H groups in total. The Kier molecular flexibility index (Phi) is 4.29. The Morgan fingerprint density at radius 3 is 2.86 bits per heavy atom. The molecule has 21 heavy (non-hydrogen) atoms. The van der Waals surface area contributed by atoms with Crippen LogP contribution in [-0.4, -0.2) is 37.9 Å². The summed E-state index contributed by atoms with van der Waals surface area (Å²) in [7, 11) is 0. The quantitative estimate of drug-likeness (QED) is 0.909. The Morgan fingerprint density at radius 1 is 1.14 bits per heavy atom. The highest BCUT2D eigenvalue weighted by Crippen LogP contribution is 2.41. The second kappa shape index (κ2) is 6.03. The Balaban J connectivity index is 0.00000132. The van der Waals surface area contributed by atoms with E-state index in [9.17, 15) is 0 Å². The van der Waals surface area contributed by atoms with Crippen molar-refractivity contribution in [2.75, 3.05) is 33.0 Å². The number of nitrogens with one attached hydrogen (secondary N) is 1. The average molecular weight is 311 g/mol. The Bertz CT molecular complexity index is 503. The van der Waals surface area contributed by atoms with E-state index in [1.807, 2.05) is 6.07 Å². The first-order chi connectivity index (χ1) is 9.85. The second-order valence-electron chi connectivity index (χ2n) is 6.36. The van der Waals surface area contributed by atoms with Crippen LogP contribution in [0.25, 0.3) is 0 Å². The van der Waals surface area contributed by atoms with Gasteiger partial charge >= 0.3 is 0 Å². The number of hydrogen-bond donors (Lipinski definition) is 1. The van der Waals surface area contributed by atoms with Crippen molar-refractivity contribution >= 4 is 12.4 Å². The van der Waals surface area contributed by atoms with E-state index in [1.54, 1.807) is 0 Å². The minimum absolute atomic E-state index is 0. The van der Waals surface area contributed by atoms with E-state index in [0.717, 1.165) is 18.0 Å². The number of nitrogens with zero attached hydrogens (tertiary/aromatic N) is 1. The maximum Gasteiger partial charge on any atom is 0.231 e. The fraction of sp³-hybridized carbons (Fsp3) is 0.625. The van der Waals surface area contributed by atoms with E-state index < -0.39 is 0 Å². The molecule has 2 fully saturated rings. The SMILES string of the molecule is Cl.c1cc(CN2CCC3(CCNCC3)C2)c2c(c1)OCO2. The lowest BCUT2D eigenvalue weighted by Gasteiger charge is -2.34. The molecule has 4 rings (SSSR count). The third-order valence-electron chi connectivity index (χ3n) is 5.05. The van der Waals surface area contributed by atoms with Gasteiger partial charge in [-0.15, -0.1) is 12.4 Å². The van der Waals surface area contributed by atoms with Gasteiger partial charge in [0.2, 0.25) is 6.79 Å². The molecule has 0 aliphatic carbocycles. The van der Waals surface area contributed by atoms with Gasteiger partial charge in [0.25, 0.3) is 0 Å². The minimum atomic E-state index is 0. The molecule has 0 radical (unpaired) electrons. The number of ether oxygens (including phenoxy) is 2. The van der Waals surface area contributed by atoms with Crippen molar-refractivity contribution in [1.29, 1.82) is 0 Å². The number of para-hydroxylation sites is 1. The van der Waals surface area contributed by atoms with Crippen molar-refractivity contribution in [3.8, 4) is 11.5 Å². The number of halogens is 1. The number of fused-ring (bicyclic) bond motifs is 1. The maximum absolute atomic E-state index is 5.62. The van der Waals surface area contributed by atoms with Gasteiger partial charge in [-0.2, -0.15) is 0 Å². The standard InChI is InChI=1S/C16H22N2O2.ClH/c1-2-13(15-14(3-1)19-12-20-15)10-18-9-6-16(11-18)4-7-17-8-5-16;/h1-3,17H,4-12H2;1H. The number of piperidine rings is 1. The van der Waals surface area contributed by atoms with E-state index in [4.69, 9.17) is 9.47 Å². The zero-order valence-corrected chi connectivity index (χ0v) is 13.1. The molecule has 116 valence electrons. The number of likely N-dealkylation sites (tertiary alicyclic amines) is 1. The van der Waals surface area contributed by atoms with Crippen LogP contribution in [0, 0.1) is 5.41 Å². The minimum Gasteiger partial charge on any atom is -0.454 e. The number of hydrogen-bond acceptors (Lipinski definition) is 4. The lowest BCUT2D eigenvalue weighted by molar-refractivity contribution is 0.170. The monoisotopic (exact) mass is 310 g/mol. The first-order valence-corrected chi connectivity index (χ1v) is 7.65. The molecule has 2 saturated heterocycles. The van der Waals surface area contributed by atoms with Gasteiger partial charge < -0.3 is 14.8 Å². The van der Waals surface area contributed by atoms with Crippen LogP contribution >= 0.6 is 12.4 Å². The van der Waals surface area contributed by atoms with Gasteiger partial charge in [-0.25, -0.2) is 0 Å². The molecule has 0 aromatic heterocycles. The summed E-state index contributed by atoms with van der Waals surface area (Å²) in [4.78, 5) is 2.59. The largest absolute Gasteiger partial charge is 0.454 e. The van der Waals surface area contributed by atoms with Crippen LogP contribution in [0.1, 0.15) is 24.8 Å². The molecule has 0 bridgehead atoms. The predicted octanol–water partition coefficient (Wildman–Crippen LogP) is 2.41. The van der Waals surface area contributed by atoms with Crippen molar-refractivity contribution in [2.24, 2.45) is 5.41 Å². The van der Waals surface area contributed by atoms with Gasteiger partial charge in [-0.1, -0.05) is 12.1 Å². The molecule has 0 amide bonds. The Morgan fingerprint density at radius 2 is 2.00 bits per heavy atom. The summed E-state index contributed by atoms with van der Waals surface area (Å²) >= 11 is 0. The molecule has 5 heteroatoms. The van der Waals surface area contributed by atoms with E-state index in [-0.39, 0.29) is 12.4 Å². The van der Waals surface area contributed by atoms with Crippen molar-refractivity contribution in [3.63, 3.8) is 0 Å². The molecular formula is C16H23ClN2O2. The van der Waals surface area contributed by atoms with Crippen LogP contribution in [-0.2, 0) is 6.54 Å². The summed E-state index contributed by atoms with van der Waals surface area (Å²) in [6, 6.07) is 6.23. The fourth-order valence-electron chi connectivity index (χ4n) is 3.88. The molecule has 0 saturated carbocycles. The van der Waals surface area contributed by atoms with E-state index >= 15 is 0 Å². The second-order valence-corrected chi connectivity index (χ2v) is 6.36. The summed E-state index contributed by atoms with van der Waals surface area (Å²) < 4.78 is 11.1. The van der Waals surface area contributed by atoms with Crippen LogP contribution in [0.5, 0.6) is 11.5 Å². The highest BCUT2D eigenvalue weighted by Gasteiger charge is 2.38. The van der Waals surface area contributed by atoms with Gasteiger partial charge in [0.1, 0.15) is 0 Å². The van der Waals surface area contributed by atoms with E-state index in [2.05, 4.69) is 22.3 Å². The molecule has 0 unspecified atom stereocenters. The Labute approximate surface area is 132 Å². The topological polar surface area (TPSA) is 33.7 Å². The van der Waals surface area contributed by atoms with Gasteiger partial charge in [0.15, 0.2) is 11.5 Å². The first kappa shape index (κ1) is 14.9. The van der Waals surface area contributed by atoms with Crippen LogP contribution in [0.15, 0.2) is 18.2 Å². The van der Waals surface area contributed by atoms with Gasteiger partial charge in [-0.05, 0) is 50.4 Å². The van der Waals surface area contributed by atoms with Crippen molar-refractivity contribution in [1.82, 2.24) is 10.2 Å². The molecule has 3 aliphatic heterocycles. The zero-order chi connectivity index (χ0) is 13.4. The smallest absolute Gasteiger partial charge is 0.231 e. The lowest BCUT2D eigenvalue weighted by Crippen LogP contribution is -2.38. The summed E-state index contributed by atoms with van der Waals surface area (Å²) in [5.41, 5.74) is 1.84. The van der Waals surface area contributed by atoms with E-state index in [1.165, 1.54) is 51.0 Å². The summed E-state index contributed by atoms with van der Waals surface area (Å²) in [6.07, 6.45) is 4.01. The summed E-state index contributed by atoms with van der Waals surface area (Å²) in [5, 5.41) is 3.48. The normalized spacial score (nSPS) is 23.2. The van der Waals surface area contributed by atoms with Crippen molar-refractivity contribution < 1.29 is 9.47 Å². The third-order valence-corrected chi connectivity index (χ3v) is 5.05. The van der Waals surface area contributed by atoms with Gasteiger partial charge in [0, 0.05) is 18.7 Å². The molecular weight excluding hydrogens is 288 g/mol. The average Bonchev–Trinajstić information content (AvgIpc) is 3.08. The molecule has 3 heterocycles. The van der Waals surface area contributed by atoms with Crippen LogP contribution < -0.4 is 14.8 Å². The van der Waals surface area contributed by atoms with Crippen molar-refractivity contribution in [3.05, 3.63) is 23.8 Å². The van der Waals surface area contributed by atoms with Crippen LogP contribution in [0.2, 0.25) is 0 Å². The van der Waals surface area contributed by atoms with Gasteiger partial charge in [-0.3, -0.25) is 4.90 Å². The first-order valence-electron chi connectivity index (χ1n) is 7.65. The molecule has 1 aromatic carbocycles. The lowest BCUT2D eigenvalue weighted by atomic mass is 9.78. The van der Waals surface area contributed by atoms with Gasteiger partial charge in [0.05, 0.1) is 0 Å². The molecule has 4 nitrogen and oxygen atoms in total. The third kappa shape index (κ3) is 2.85. The highest BCUT2D eigenvalue weighted by molar-refractivity contribution is 5.85. The fourth-order valence-corrected chi connectivity index (χ4v) is 3.88. The maximum atomic E-state index is 5.62. The van der Waals surface area contributed by atoms with Crippen LogP contribution in [0.4, 0.5) is 0 Å². The summed E-state index contributed by atoms with van der Waals surface area (Å²) in [5.74, 6) is 1.86. The van der Waals surface area contributed by atoms with Crippen LogP contribution in [0.3, 0.4) is 0 Å². The van der Waals surface area contributed by atoms with E-state index in [0.29, 0.717) is 12.2 Å². The molecule has 1 spiro atoms. The number of benzene rings is 1. The predicted molar refractivity (Wildman–Crippen MR) is 84.2 cm³/mol. The molecule has 3 aliphatic rings. The Hall–Kier alpha value is -0.970. The molecule has 0 atom stereocenters. The number of rotatable bonds is 2. The zero-order valence-electron chi connectivity index (χ0n) is 12.3. The highest BCUT2D eigenvalue weighted by atomic mass is 35.5. The van der Waals surface area contributed by atoms with Crippen molar-refractivity contribution in [2.45, 2.75) is 25.8 Å². The molecule has 1 aromatic rings.